The van der Waals surface area contributed by atoms with Gasteiger partial charge in [0.05, 0.1) is 0 Å². The van der Waals surface area contributed by atoms with Crippen molar-refractivity contribution < 1.29 is 9.59 Å². The molecule has 0 atom stereocenters. The summed E-state index contributed by atoms with van der Waals surface area (Å²) in [5.74, 6) is -1.18. The molecule has 1 aliphatic rings. The van der Waals surface area contributed by atoms with Gasteiger partial charge < -0.3 is 4.57 Å². The Kier molecular flexibility index (Phi) is 3.64. The topological polar surface area (TPSA) is 55.2 Å². The summed E-state index contributed by atoms with van der Waals surface area (Å²) in [6, 6.07) is -0.0569. The second kappa shape index (κ2) is 4.81. The first-order valence-electron chi connectivity index (χ1n) is 5.45. The fourth-order valence-corrected chi connectivity index (χ4v) is 2.73. The minimum Gasteiger partial charge on any atom is -0.301 e. The molecule has 0 spiro atoms. The summed E-state index contributed by atoms with van der Waals surface area (Å²) < 4.78 is 1.51. The van der Waals surface area contributed by atoms with E-state index in [0.29, 0.717) is 0 Å². The Morgan fingerprint density at radius 1 is 1.11 bits per heavy atom. The molecule has 0 unspecified atom stereocenters. The third-order valence-electron chi connectivity index (χ3n) is 2.77. The number of carbonyl (C=O) groups is 2. The number of hydrogen-bond acceptors (Lipinski definition) is 3. The lowest BCUT2D eigenvalue weighted by Crippen LogP contribution is -2.31. The van der Waals surface area contributed by atoms with Crippen LogP contribution in [0.4, 0.5) is 5.82 Å². The van der Waals surface area contributed by atoms with Crippen molar-refractivity contribution in [1.29, 1.82) is 0 Å². The van der Waals surface area contributed by atoms with E-state index in [-0.39, 0.29) is 32.9 Å². The molecule has 2 amide bonds. The van der Waals surface area contributed by atoms with Crippen LogP contribution in [0.3, 0.4) is 0 Å². The van der Waals surface area contributed by atoms with E-state index in [9.17, 15) is 9.59 Å². The molecule has 0 bridgehead atoms. The number of imidazole rings is 1. The van der Waals surface area contributed by atoms with Crippen molar-refractivity contribution in [2.45, 2.75) is 26.8 Å². The second-order valence-electron chi connectivity index (χ2n) is 4.34. The molecule has 1 aliphatic heterocycles. The van der Waals surface area contributed by atoms with Gasteiger partial charge in [-0.3, -0.25) is 9.59 Å². The summed E-state index contributed by atoms with van der Waals surface area (Å²) in [7, 11) is 0. The van der Waals surface area contributed by atoms with Crippen molar-refractivity contribution in [2.24, 2.45) is 0 Å². The lowest BCUT2D eigenvalue weighted by Gasteiger charge is -2.13. The summed E-state index contributed by atoms with van der Waals surface area (Å²) in [4.78, 5) is 28.7. The van der Waals surface area contributed by atoms with E-state index in [2.05, 4.69) is 4.98 Å². The maximum Gasteiger partial charge on any atom is 0.278 e. The molecule has 1 aromatic heterocycles. The third kappa shape index (κ3) is 2.06. The molecule has 19 heavy (non-hydrogen) atoms. The van der Waals surface area contributed by atoms with Gasteiger partial charge in [-0.15, -0.1) is 0 Å². The summed E-state index contributed by atoms with van der Waals surface area (Å²) in [6.07, 6.45) is 0. The van der Waals surface area contributed by atoms with Crippen LogP contribution < -0.4 is 4.90 Å². The zero-order chi connectivity index (χ0) is 14.5. The minimum absolute atomic E-state index is 0.00497. The maximum atomic E-state index is 12.0. The summed E-state index contributed by atoms with van der Waals surface area (Å²) >= 11 is 17.9. The van der Waals surface area contributed by atoms with Crippen molar-refractivity contribution >= 4 is 52.4 Å². The summed E-state index contributed by atoms with van der Waals surface area (Å²) in [6.45, 7) is 5.18. The molecule has 0 radical (unpaired) electrons. The molecule has 0 saturated heterocycles. The molecule has 0 N–H and O–H groups in total. The van der Waals surface area contributed by atoms with E-state index in [0.717, 1.165) is 4.90 Å². The van der Waals surface area contributed by atoms with Gasteiger partial charge in [0.25, 0.3) is 11.8 Å². The molecule has 2 heterocycles. The number of rotatable bonds is 2. The third-order valence-corrected chi connectivity index (χ3v) is 3.83. The number of carbonyl (C=O) groups excluding carboxylic acids is 2. The maximum absolute atomic E-state index is 12.0. The first kappa shape index (κ1) is 14.4. The van der Waals surface area contributed by atoms with Crippen molar-refractivity contribution in [3.8, 4) is 0 Å². The average molecular weight is 323 g/mol. The Morgan fingerprint density at radius 2 is 1.68 bits per heavy atom. The highest BCUT2D eigenvalue weighted by atomic mass is 35.5. The Bertz CT molecular complexity index is 595. The first-order valence-corrected chi connectivity index (χ1v) is 6.59. The van der Waals surface area contributed by atoms with Crippen LogP contribution in [-0.2, 0) is 9.59 Å². The van der Waals surface area contributed by atoms with Crippen LogP contribution in [0.5, 0.6) is 0 Å². The Labute approximate surface area is 124 Å². The Hall–Kier alpha value is -1.04. The van der Waals surface area contributed by atoms with Crippen LogP contribution in [0.25, 0.3) is 0 Å². The van der Waals surface area contributed by atoms with E-state index in [1.807, 2.05) is 13.8 Å². The molecule has 2 rings (SSSR count). The predicted octanol–water partition coefficient (Wildman–Crippen LogP) is 3.16. The van der Waals surface area contributed by atoms with Crippen molar-refractivity contribution in [2.75, 3.05) is 4.90 Å². The van der Waals surface area contributed by atoms with E-state index in [4.69, 9.17) is 34.8 Å². The van der Waals surface area contributed by atoms with Gasteiger partial charge in [0, 0.05) is 11.6 Å². The van der Waals surface area contributed by atoms with Crippen LogP contribution in [0, 0.1) is 0 Å². The van der Waals surface area contributed by atoms with Crippen LogP contribution >= 0.6 is 34.8 Å². The van der Waals surface area contributed by atoms with E-state index in [1.165, 1.54) is 11.5 Å². The van der Waals surface area contributed by atoms with Crippen molar-refractivity contribution in [3.63, 3.8) is 0 Å². The highest BCUT2D eigenvalue weighted by molar-refractivity contribution is 6.53. The highest BCUT2D eigenvalue weighted by Gasteiger charge is 2.39. The number of amides is 2. The largest absolute Gasteiger partial charge is 0.301 e. The normalized spacial score (nSPS) is 16.3. The smallest absolute Gasteiger partial charge is 0.278 e. The van der Waals surface area contributed by atoms with Crippen LogP contribution in [0.1, 0.15) is 26.8 Å². The average Bonchev–Trinajstić information content (AvgIpc) is 2.71. The van der Waals surface area contributed by atoms with Gasteiger partial charge in [-0.2, -0.15) is 4.98 Å². The molecule has 0 fully saturated rings. The molecule has 5 nitrogen and oxygen atoms in total. The van der Waals surface area contributed by atoms with E-state index in [1.54, 1.807) is 0 Å². The van der Waals surface area contributed by atoms with Gasteiger partial charge in [-0.05, 0) is 32.4 Å². The Balaban J connectivity index is 2.54. The number of aromatic nitrogens is 2. The van der Waals surface area contributed by atoms with Gasteiger partial charge in [-0.1, -0.05) is 23.2 Å². The lowest BCUT2D eigenvalue weighted by atomic mass is 10.3. The first-order chi connectivity index (χ1) is 8.77. The number of halogens is 3. The van der Waals surface area contributed by atoms with E-state index >= 15 is 0 Å². The highest BCUT2D eigenvalue weighted by Crippen LogP contribution is 2.36. The van der Waals surface area contributed by atoms with E-state index < -0.39 is 11.8 Å². The fourth-order valence-electron chi connectivity index (χ4n) is 1.76. The standard InChI is InChI=1S/C11H10Cl3N3O2/c1-4(2)16-7(13)8(15-11(16)14)17-9(18)5(3)6(12)10(17)19/h4H,1-3H3. The van der Waals surface area contributed by atoms with Crippen LogP contribution in [0.2, 0.25) is 10.4 Å². The second-order valence-corrected chi connectivity index (χ2v) is 5.42. The quantitative estimate of drug-likeness (QED) is 0.786. The van der Waals surface area contributed by atoms with Gasteiger partial charge >= 0.3 is 0 Å². The van der Waals surface area contributed by atoms with Crippen LogP contribution in [0.15, 0.2) is 10.6 Å². The zero-order valence-electron chi connectivity index (χ0n) is 10.4. The molecule has 0 aromatic carbocycles. The number of hydrogen-bond donors (Lipinski definition) is 0. The lowest BCUT2D eigenvalue weighted by molar-refractivity contribution is -0.120. The molecule has 0 aliphatic carbocycles. The number of imide groups is 1. The molecule has 1 aromatic rings. The molecular weight excluding hydrogens is 312 g/mol. The zero-order valence-corrected chi connectivity index (χ0v) is 12.6. The summed E-state index contributed by atoms with van der Waals surface area (Å²) in [5, 5.41) is 0.105. The minimum atomic E-state index is -0.642. The van der Waals surface area contributed by atoms with Gasteiger partial charge in [0.2, 0.25) is 5.28 Å². The van der Waals surface area contributed by atoms with Gasteiger partial charge in [0.1, 0.15) is 5.03 Å². The fraction of sp³-hybridized carbons (Fsp3) is 0.364. The molecule has 102 valence electrons. The van der Waals surface area contributed by atoms with Crippen LogP contribution in [-0.4, -0.2) is 21.4 Å². The summed E-state index contributed by atoms with van der Waals surface area (Å²) in [5.41, 5.74) is 0.165. The molecule has 8 heteroatoms. The van der Waals surface area contributed by atoms with Gasteiger partial charge in [-0.25, -0.2) is 4.90 Å². The monoisotopic (exact) mass is 321 g/mol. The van der Waals surface area contributed by atoms with Gasteiger partial charge in [0.15, 0.2) is 11.0 Å². The molecular formula is C11H10Cl3N3O2. The molecule has 0 saturated carbocycles. The van der Waals surface area contributed by atoms with Crippen molar-refractivity contribution in [1.82, 2.24) is 9.55 Å². The number of nitrogens with zero attached hydrogens (tertiary/aromatic N) is 3. The SMILES string of the molecule is CC1=C(Cl)C(=O)N(c2nc(Cl)n(C(C)C)c2Cl)C1=O. The predicted molar refractivity (Wildman–Crippen MR) is 73.7 cm³/mol. The number of anilines is 1. The van der Waals surface area contributed by atoms with Crippen molar-refractivity contribution in [3.05, 3.63) is 21.0 Å². The Morgan fingerprint density at radius 3 is 2.05 bits per heavy atom.